The number of nitrogens with zero attached hydrogens (tertiary/aromatic N) is 3. The molecule has 0 aliphatic carbocycles. The zero-order chi connectivity index (χ0) is 15.9. The minimum Gasteiger partial charge on any atom is -0.384 e. The normalized spacial score (nSPS) is 16.5. The van der Waals surface area contributed by atoms with Gasteiger partial charge in [0.25, 0.3) is 0 Å². The number of aliphatic hydroxyl groups is 1. The van der Waals surface area contributed by atoms with Gasteiger partial charge in [0.1, 0.15) is 0 Å². The lowest BCUT2D eigenvalue weighted by Gasteiger charge is -2.08. The van der Waals surface area contributed by atoms with Crippen LogP contribution in [0.15, 0.2) is 71.0 Å². The highest BCUT2D eigenvalue weighted by molar-refractivity contribution is 5.63. The lowest BCUT2D eigenvalue weighted by molar-refractivity contribution is 0.229. The van der Waals surface area contributed by atoms with Crippen LogP contribution in [-0.4, -0.2) is 23.2 Å². The molecule has 0 spiro atoms. The molecule has 1 fully saturated rings. The van der Waals surface area contributed by atoms with E-state index < -0.39 is 6.10 Å². The van der Waals surface area contributed by atoms with Gasteiger partial charge in [-0.25, -0.2) is 0 Å². The lowest BCUT2D eigenvalue weighted by Crippen LogP contribution is -2.09. The summed E-state index contributed by atoms with van der Waals surface area (Å²) in [6, 6.07) is 17.4. The van der Waals surface area contributed by atoms with Crippen molar-refractivity contribution in [1.29, 1.82) is 0 Å². The summed E-state index contributed by atoms with van der Waals surface area (Å²) in [7, 11) is 0. The highest BCUT2D eigenvalue weighted by Gasteiger charge is 2.09. The molecule has 3 rings (SSSR count). The molecular formula is C19H21N3O. The summed E-state index contributed by atoms with van der Waals surface area (Å²) in [6.45, 7) is 1.96. The fourth-order valence-corrected chi connectivity index (χ4v) is 2.58. The van der Waals surface area contributed by atoms with Crippen LogP contribution >= 0.6 is 0 Å². The monoisotopic (exact) mass is 307 g/mol. The van der Waals surface area contributed by atoms with Crippen molar-refractivity contribution >= 4 is 11.8 Å². The summed E-state index contributed by atoms with van der Waals surface area (Å²) in [5.74, 6) is 0. The van der Waals surface area contributed by atoms with E-state index in [9.17, 15) is 5.11 Å². The van der Waals surface area contributed by atoms with Gasteiger partial charge in [0.05, 0.1) is 11.8 Å². The summed E-state index contributed by atoms with van der Waals surface area (Å²) in [5.41, 5.74) is 2.64. The third kappa shape index (κ3) is 4.27. The first-order valence-electron chi connectivity index (χ1n) is 8.00. The van der Waals surface area contributed by atoms with Crippen LogP contribution < -0.4 is 0 Å². The minimum atomic E-state index is -0.625. The van der Waals surface area contributed by atoms with E-state index in [2.05, 4.69) is 10.3 Å². The van der Waals surface area contributed by atoms with Gasteiger partial charge in [0, 0.05) is 18.7 Å². The summed E-state index contributed by atoms with van der Waals surface area (Å²) in [6.07, 6.45) is 5.42. The molecule has 1 aliphatic rings. The van der Waals surface area contributed by atoms with E-state index in [-0.39, 0.29) is 0 Å². The van der Waals surface area contributed by atoms with Crippen molar-refractivity contribution in [3.63, 3.8) is 0 Å². The maximum atomic E-state index is 10.2. The lowest BCUT2D eigenvalue weighted by atomic mass is 10.1. The Balaban J connectivity index is 1.73. The van der Waals surface area contributed by atoms with Crippen LogP contribution in [0.3, 0.4) is 0 Å². The first-order valence-corrected chi connectivity index (χ1v) is 8.00. The van der Waals surface area contributed by atoms with Crippen molar-refractivity contribution in [1.82, 2.24) is 5.01 Å². The van der Waals surface area contributed by atoms with Crippen LogP contribution in [0, 0.1) is 0 Å². The van der Waals surface area contributed by atoms with Crippen LogP contribution in [0.2, 0.25) is 0 Å². The van der Waals surface area contributed by atoms with Crippen molar-refractivity contribution in [2.75, 3.05) is 13.1 Å². The van der Waals surface area contributed by atoms with Gasteiger partial charge in [-0.05, 0) is 24.5 Å². The van der Waals surface area contributed by atoms with Gasteiger partial charge >= 0.3 is 0 Å². The Kier molecular flexibility index (Phi) is 5.17. The molecule has 1 atom stereocenters. The number of hydrogen-bond acceptors (Lipinski definition) is 3. The van der Waals surface area contributed by atoms with Gasteiger partial charge in [-0.3, -0.25) is 5.01 Å². The molecular weight excluding hydrogens is 286 g/mol. The van der Waals surface area contributed by atoms with Crippen LogP contribution in [0.25, 0.3) is 6.08 Å². The molecule has 23 heavy (non-hydrogen) atoms. The summed E-state index contributed by atoms with van der Waals surface area (Å²) < 4.78 is 0. The average Bonchev–Trinajstić information content (AvgIpc) is 3.13. The molecule has 1 saturated heterocycles. The molecule has 118 valence electrons. The van der Waals surface area contributed by atoms with Crippen LogP contribution in [0.1, 0.15) is 30.1 Å². The predicted octanol–water partition coefficient (Wildman–Crippen LogP) is 4.53. The second-order valence-electron chi connectivity index (χ2n) is 5.62. The first kappa shape index (κ1) is 15.4. The maximum Gasteiger partial charge on any atom is 0.0975 e. The van der Waals surface area contributed by atoms with Gasteiger partial charge < -0.3 is 5.11 Å². The molecule has 1 aliphatic heterocycles. The van der Waals surface area contributed by atoms with E-state index in [1.807, 2.05) is 65.7 Å². The summed E-state index contributed by atoms with van der Waals surface area (Å²) in [4.78, 5) is 0. The number of benzene rings is 2. The van der Waals surface area contributed by atoms with Gasteiger partial charge in [0.2, 0.25) is 0 Å². The smallest absolute Gasteiger partial charge is 0.0975 e. The van der Waals surface area contributed by atoms with Crippen LogP contribution in [0.5, 0.6) is 0 Å². The SMILES string of the molecule is OC(/C=C/c1ccccc1N=NN1CCCC1)c1ccccc1. The zero-order valence-electron chi connectivity index (χ0n) is 13.0. The van der Waals surface area contributed by atoms with Gasteiger partial charge in [-0.1, -0.05) is 65.9 Å². The predicted molar refractivity (Wildman–Crippen MR) is 92.2 cm³/mol. The molecule has 2 aromatic rings. The van der Waals surface area contributed by atoms with Gasteiger partial charge in [0.15, 0.2) is 0 Å². The number of hydrogen-bond donors (Lipinski definition) is 1. The highest BCUT2D eigenvalue weighted by atomic mass is 16.3. The van der Waals surface area contributed by atoms with E-state index in [0.717, 1.165) is 29.9 Å². The number of rotatable bonds is 5. The van der Waals surface area contributed by atoms with Crippen molar-refractivity contribution in [3.05, 3.63) is 71.8 Å². The molecule has 0 aromatic heterocycles. The molecule has 0 bridgehead atoms. The Morgan fingerprint density at radius 1 is 0.957 bits per heavy atom. The van der Waals surface area contributed by atoms with Gasteiger partial charge in [-0.15, -0.1) is 5.11 Å². The fourth-order valence-electron chi connectivity index (χ4n) is 2.58. The Bertz CT molecular complexity index is 676. The van der Waals surface area contributed by atoms with Crippen LogP contribution in [0.4, 0.5) is 5.69 Å². The molecule has 4 heteroatoms. The van der Waals surface area contributed by atoms with Crippen molar-refractivity contribution in [2.24, 2.45) is 10.3 Å². The van der Waals surface area contributed by atoms with E-state index in [1.165, 1.54) is 12.8 Å². The molecule has 1 unspecified atom stereocenters. The van der Waals surface area contributed by atoms with Crippen molar-refractivity contribution < 1.29 is 5.11 Å². The topological polar surface area (TPSA) is 48.2 Å². The van der Waals surface area contributed by atoms with Crippen molar-refractivity contribution in [2.45, 2.75) is 18.9 Å². The highest BCUT2D eigenvalue weighted by Crippen LogP contribution is 2.23. The first-order chi connectivity index (χ1) is 11.3. The summed E-state index contributed by atoms with van der Waals surface area (Å²) in [5, 5.41) is 20.9. The Morgan fingerprint density at radius 2 is 1.65 bits per heavy atom. The average molecular weight is 307 g/mol. The van der Waals surface area contributed by atoms with E-state index in [0.29, 0.717) is 0 Å². The Morgan fingerprint density at radius 3 is 2.43 bits per heavy atom. The van der Waals surface area contributed by atoms with E-state index in [4.69, 9.17) is 0 Å². The standard InChI is InChI=1S/C19H21N3O/c23-19(17-9-2-1-3-10-17)13-12-16-8-4-5-11-18(16)20-21-22-14-6-7-15-22/h1-5,8-13,19,23H,6-7,14-15H2/b13-12+,21-20?. The number of aliphatic hydroxyl groups excluding tert-OH is 1. The molecule has 0 amide bonds. The quantitative estimate of drug-likeness (QED) is 0.825. The van der Waals surface area contributed by atoms with E-state index >= 15 is 0 Å². The Labute approximate surface area is 136 Å². The maximum absolute atomic E-state index is 10.2. The Hall–Kier alpha value is -2.46. The van der Waals surface area contributed by atoms with E-state index in [1.54, 1.807) is 6.08 Å². The third-order valence-electron chi connectivity index (χ3n) is 3.90. The third-order valence-corrected chi connectivity index (χ3v) is 3.90. The molecule has 0 radical (unpaired) electrons. The van der Waals surface area contributed by atoms with Gasteiger partial charge in [-0.2, -0.15) is 0 Å². The largest absolute Gasteiger partial charge is 0.384 e. The molecule has 1 N–H and O–H groups in total. The zero-order valence-corrected chi connectivity index (χ0v) is 13.0. The molecule has 4 nitrogen and oxygen atoms in total. The minimum absolute atomic E-state index is 0.625. The second kappa shape index (κ2) is 7.70. The fraction of sp³-hybridized carbons (Fsp3) is 0.263. The molecule has 1 heterocycles. The molecule has 0 saturated carbocycles. The second-order valence-corrected chi connectivity index (χ2v) is 5.62. The van der Waals surface area contributed by atoms with Crippen LogP contribution in [-0.2, 0) is 0 Å². The molecule has 2 aromatic carbocycles. The summed E-state index contributed by atoms with van der Waals surface area (Å²) >= 11 is 0. The van der Waals surface area contributed by atoms with Crippen molar-refractivity contribution in [3.8, 4) is 0 Å².